The molecule has 1 aromatic rings. The molecular formula is C18H31NO. The van der Waals surface area contributed by atoms with Crippen LogP contribution < -0.4 is 5.32 Å². The molecule has 0 aliphatic heterocycles. The molecule has 20 heavy (non-hydrogen) atoms. The molecule has 0 bridgehead atoms. The van der Waals surface area contributed by atoms with Gasteiger partial charge >= 0.3 is 0 Å². The Morgan fingerprint density at radius 3 is 2.35 bits per heavy atom. The molecule has 0 saturated carbocycles. The van der Waals surface area contributed by atoms with Crippen molar-refractivity contribution in [2.45, 2.75) is 52.5 Å². The Balaban J connectivity index is 2.39. The molecule has 1 rings (SSSR count). The van der Waals surface area contributed by atoms with Crippen LogP contribution in [0.2, 0.25) is 0 Å². The molecule has 0 amide bonds. The first-order valence-corrected chi connectivity index (χ1v) is 8.02. The highest BCUT2D eigenvalue weighted by Gasteiger charge is 2.11. The van der Waals surface area contributed by atoms with Crippen LogP contribution >= 0.6 is 0 Å². The van der Waals surface area contributed by atoms with Crippen LogP contribution in [0.25, 0.3) is 0 Å². The molecule has 0 saturated heterocycles. The van der Waals surface area contributed by atoms with Gasteiger partial charge in [-0.1, -0.05) is 62.9 Å². The van der Waals surface area contributed by atoms with Gasteiger partial charge in [0.2, 0.25) is 0 Å². The number of ether oxygens (including phenoxy) is 1. The smallest absolute Gasteiger partial charge is 0.0661 e. The van der Waals surface area contributed by atoms with Crippen molar-refractivity contribution in [3.63, 3.8) is 0 Å². The van der Waals surface area contributed by atoms with E-state index in [2.05, 4.69) is 50.4 Å². The summed E-state index contributed by atoms with van der Waals surface area (Å²) in [7, 11) is 2.00. The molecule has 1 N–H and O–H groups in total. The standard InChI is InChI=1S/C18H31NO/c1-5-7-8-16(6-2)13-20-14-18(19-4)17-11-9-15(3)10-12-17/h9-12,16,18-19H,5-8,13-14H2,1-4H3. The van der Waals surface area contributed by atoms with Crippen molar-refractivity contribution in [3.05, 3.63) is 35.4 Å². The number of rotatable bonds is 10. The molecule has 0 aliphatic carbocycles. The van der Waals surface area contributed by atoms with Gasteiger partial charge in [-0.2, -0.15) is 0 Å². The zero-order valence-electron chi connectivity index (χ0n) is 13.6. The topological polar surface area (TPSA) is 21.3 Å². The molecule has 2 unspecified atom stereocenters. The highest BCUT2D eigenvalue weighted by Crippen LogP contribution is 2.16. The van der Waals surface area contributed by atoms with E-state index in [9.17, 15) is 0 Å². The van der Waals surface area contributed by atoms with E-state index in [4.69, 9.17) is 4.74 Å². The Morgan fingerprint density at radius 1 is 1.10 bits per heavy atom. The number of aryl methyl sites for hydroxylation is 1. The fraction of sp³-hybridized carbons (Fsp3) is 0.667. The first-order valence-electron chi connectivity index (χ1n) is 8.02. The highest BCUT2D eigenvalue weighted by atomic mass is 16.5. The largest absolute Gasteiger partial charge is 0.379 e. The van der Waals surface area contributed by atoms with Crippen molar-refractivity contribution >= 4 is 0 Å². The number of hydrogen-bond donors (Lipinski definition) is 1. The van der Waals surface area contributed by atoms with E-state index in [1.807, 2.05) is 7.05 Å². The van der Waals surface area contributed by atoms with E-state index in [-0.39, 0.29) is 0 Å². The zero-order valence-corrected chi connectivity index (χ0v) is 13.6. The van der Waals surface area contributed by atoms with Gasteiger partial charge in [-0.05, 0) is 31.9 Å². The summed E-state index contributed by atoms with van der Waals surface area (Å²) in [6.45, 7) is 8.28. The summed E-state index contributed by atoms with van der Waals surface area (Å²) >= 11 is 0. The van der Waals surface area contributed by atoms with Crippen LogP contribution in [0.4, 0.5) is 0 Å². The van der Waals surface area contributed by atoms with Gasteiger partial charge in [-0.3, -0.25) is 0 Å². The van der Waals surface area contributed by atoms with Crippen LogP contribution in [0.15, 0.2) is 24.3 Å². The Hall–Kier alpha value is -0.860. The molecule has 2 nitrogen and oxygen atoms in total. The van der Waals surface area contributed by atoms with Gasteiger partial charge in [0.25, 0.3) is 0 Å². The monoisotopic (exact) mass is 277 g/mol. The van der Waals surface area contributed by atoms with Crippen molar-refractivity contribution in [2.24, 2.45) is 5.92 Å². The summed E-state index contributed by atoms with van der Waals surface area (Å²) in [5.41, 5.74) is 2.61. The molecule has 0 heterocycles. The van der Waals surface area contributed by atoms with Gasteiger partial charge < -0.3 is 10.1 Å². The van der Waals surface area contributed by atoms with Crippen molar-refractivity contribution in [3.8, 4) is 0 Å². The minimum Gasteiger partial charge on any atom is -0.379 e. The van der Waals surface area contributed by atoms with Crippen LogP contribution in [-0.2, 0) is 4.74 Å². The van der Waals surface area contributed by atoms with Gasteiger partial charge in [-0.25, -0.2) is 0 Å². The number of hydrogen-bond acceptors (Lipinski definition) is 2. The first kappa shape index (κ1) is 17.2. The molecular weight excluding hydrogens is 246 g/mol. The summed E-state index contributed by atoms with van der Waals surface area (Å²) in [4.78, 5) is 0. The SMILES string of the molecule is CCCCC(CC)COCC(NC)c1ccc(C)cc1. The van der Waals surface area contributed by atoms with Gasteiger partial charge in [0, 0.05) is 6.61 Å². The van der Waals surface area contributed by atoms with Crippen LogP contribution in [0.5, 0.6) is 0 Å². The van der Waals surface area contributed by atoms with Gasteiger partial charge in [0.15, 0.2) is 0 Å². The maximum Gasteiger partial charge on any atom is 0.0661 e. The molecule has 0 aliphatic rings. The lowest BCUT2D eigenvalue weighted by atomic mass is 10.0. The van der Waals surface area contributed by atoms with Crippen molar-refractivity contribution in [1.29, 1.82) is 0 Å². The molecule has 0 radical (unpaired) electrons. The van der Waals surface area contributed by atoms with E-state index >= 15 is 0 Å². The van der Waals surface area contributed by atoms with Crippen LogP contribution in [0.3, 0.4) is 0 Å². The fourth-order valence-electron chi connectivity index (χ4n) is 2.40. The van der Waals surface area contributed by atoms with E-state index in [0.29, 0.717) is 12.0 Å². The van der Waals surface area contributed by atoms with Crippen LogP contribution in [0.1, 0.15) is 56.7 Å². The summed E-state index contributed by atoms with van der Waals surface area (Å²) in [6, 6.07) is 8.99. The number of nitrogens with one attached hydrogen (secondary N) is 1. The molecule has 2 atom stereocenters. The number of unbranched alkanes of at least 4 members (excludes halogenated alkanes) is 1. The molecule has 1 aromatic carbocycles. The summed E-state index contributed by atoms with van der Waals surface area (Å²) < 4.78 is 5.96. The predicted molar refractivity (Wildman–Crippen MR) is 87.1 cm³/mol. The minimum absolute atomic E-state index is 0.291. The molecule has 0 fully saturated rings. The second-order valence-corrected chi connectivity index (χ2v) is 5.71. The third-order valence-corrected chi connectivity index (χ3v) is 4.01. The summed E-state index contributed by atoms with van der Waals surface area (Å²) in [5, 5.41) is 3.35. The lowest BCUT2D eigenvalue weighted by Crippen LogP contribution is -2.23. The molecule has 0 aromatic heterocycles. The van der Waals surface area contributed by atoms with E-state index in [1.165, 1.54) is 36.8 Å². The third-order valence-electron chi connectivity index (χ3n) is 4.01. The predicted octanol–water partition coefficient (Wildman–Crippen LogP) is 4.49. The molecule has 114 valence electrons. The molecule has 2 heteroatoms. The Morgan fingerprint density at radius 2 is 1.80 bits per heavy atom. The van der Waals surface area contributed by atoms with Crippen LogP contribution in [0, 0.1) is 12.8 Å². The lowest BCUT2D eigenvalue weighted by molar-refractivity contribution is 0.0781. The van der Waals surface area contributed by atoms with Gasteiger partial charge in [-0.15, -0.1) is 0 Å². The third kappa shape index (κ3) is 6.06. The van der Waals surface area contributed by atoms with Crippen LogP contribution in [-0.4, -0.2) is 20.3 Å². The minimum atomic E-state index is 0.291. The Bertz CT molecular complexity index is 347. The lowest BCUT2D eigenvalue weighted by Gasteiger charge is -2.20. The van der Waals surface area contributed by atoms with Gasteiger partial charge in [0.05, 0.1) is 12.6 Å². The Labute approximate surface area is 124 Å². The van der Waals surface area contributed by atoms with E-state index in [1.54, 1.807) is 0 Å². The first-order chi connectivity index (χ1) is 9.71. The maximum atomic E-state index is 5.96. The molecule has 0 spiro atoms. The normalized spacial score (nSPS) is 14.2. The van der Waals surface area contributed by atoms with Crippen molar-refractivity contribution < 1.29 is 4.74 Å². The average Bonchev–Trinajstić information content (AvgIpc) is 2.48. The second kappa shape index (κ2) is 9.95. The average molecular weight is 277 g/mol. The van der Waals surface area contributed by atoms with E-state index in [0.717, 1.165) is 13.2 Å². The highest BCUT2D eigenvalue weighted by molar-refractivity contribution is 5.24. The Kier molecular flexibility index (Phi) is 8.56. The zero-order chi connectivity index (χ0) is 14.8. The van der Waals surface area contributed by atoms with Gasteiger partial charge in [0.1, 0.15) is 0 Å². The number of likely N-dealkylation sites (N-methyl/N-ethyl adjacent to an activating group) is 1. The quantitative estimate of drug-likeness (QED) is 0.680. The summed E-state index contributed by atoms with van der Waals surface area (Å²) in [6.07, 6.45) is 5.10. The fourth-order valence-corrected chi connectivity index (χ4v) is 2.40. The maximum absolute atomic E-state index is 5.96. The van der Waals surface area contributed by atoms with Crippen molar-refractivity contribution in [2.75, 3.05) is 20.3 Å². The van der Waals surface area contributed by atoms with Crippen molar-refractivity contribution in [1.82, 2.24) is 5.32 Å². The number of benzene rings is 1. The summed E-state index contributed by atoms with van der Waals surface area (Å²) in [5.74, 6) is 0.713. The second-order valence-electron chi connectivity index (χ2n) is 5.71. The van der Waals surface area contributed by atoms with E-state index < -0.39 is 0 Å².